The number of nitrogens with zero attached hydrogens (tertiary/aromatic N) is 2. The van der Waals surface area contributed by atoms with Crippen molar-refractivity contribution in [1.29, 1.82) is 0 Å². The number of carbonyl (C=O) groups excluding carboxylic acids is 2. The first kappa shape index (κ1) is 19.8. The van der Waals surface area contributed by atoms with Gasteiger partial charge in [-0.25, -0.2) is 4.98 Å². The Kier molecular flexibility index (Phi) is 5.07. The van der Waals surface area contributed by atoms with Crippen LogP contribution < -0.4 is 15.0 Å². The molecule has 2 N–H and O–H groups in total. The molecule has 1 atom stereocenters. The number of rotatable bonds is 5. The van der Waals surface area contributed by atoms with Crippen LogP contribution in [0.4, 0.5) is 11.4 Å². The maximum atomic E-state index is 12.8. The third kappa shape index (κ3) is 3.69. The van der Waals surface area contributed by atoms with Crippen LogP contribution in [0.25, 0.3) is 22.4 Å². The molecule has 1 unspecified atom stereocenters. The molecule has 0 fully saturated rings. The Morgan fingerprint density at radius 3 is 2.69 bits per heavy atom. The highest BCUT2D eigenvalue weighted by atomic mass is 16.5. The Morgan fingerprint density at radius 2 is 1.81 bits per heavy atom. The Morgan fingerprint density at radius 1 is 1.06 bits per heavy atom. The molecule has 0 aliphatic carbocycles. The summed E-state index contributed by atoms with van der Waals surface area (Å²) in [6.07, 6.45) is -0.428. The molecule has 3 aromatic carbocycles. The summed E-state index contributed by atoms with van der Waals surface area (Å²) < 4.78 is 5.66. The molecule has 0 radical (unpaired) electrons. The zero-order valence-corrected chi connectivity index (χ0v) is 17.5. The minimum absolute atomic E-state index is 0.154. The lowest BCUT2D eigenvalue weighted by atomic mass is 10.1. The molecule has 2 amide bonds. The number of amides is 2. The van der Waals surface area contributed by atoms with Crippen LogP contribution in [0.5, 0.6) is 5.75 Å². The molecule has 7 nitrogen and oxygen atoms in total. The second-order valence-electron chi connectivity index (χ2n) is 7.66. The van der Waals surface area contributed by atoms with Crippen LogP contribution in [-0.2, 0) is 9.59 Å². The van der Waals surface area contributed by atoms with Crippen LogP contribution in [0.3, 0.4) is 0 Å². The van der Waals surface area contributed by atoms with Crippen molar-refractivity contribution in [1.82, 2.24) is 9.97 Å². The Balaban J connectivity index is 1.33. The number of hydrogen-bond acceptors (Lipinski definition) is 4. The summed E-state index contributed by atoms with van der Waals surface area (Å²) in [5.74, 6) is 1.00. The fourth-order valence-electron chi connectivity index (χ4n) is 3.89. The number of hydrogen-bond donors (Lipinski definition) is 2. The fourth-order valence-corrected chi connectivity index (χ4v) is 3.89. The number of para-hydroxylation sites is 5. The maximum absolute atomic E-state index is 12.8. The SMILES string of the molecule is CC1Oc2ccccc2N(CCC(=O)Nc2ccccc2-c2nc3ccccc3[nH]2)C1=O. The number of H-pyrrole nitrogens is 1. The molecule has 7 heteroatoms. The van der Waals surface area contributed by atoms with E-state index in [1.54, 1.807) is 11.8 Å². The smallest absolute Gasteiger partial charge is 0.267 e. The first-order valence-electron chi connectivity index (χ1n) is 10.5. The number of aromatic amines is 1. The number of carbonyl (C=O) groups is 2. The Hall–Kier alpha value is -4.13. The van der Waals surface area contributed by atoms with Crippen LogP contribution in [-0.4, -0.2) is 34.4 Å². The number of aromatic nitrogens is 2. The highest BCUT2D eigenvalue weighted by molar-refractivity contribution is 6.01. The molecule has 2 heterocycles. The van der Waals surface area contributed by atoms with Crippen LogP contribution in [0.15, 0.2) is 72.8 Å². The molecule has 0 saturated carbocycles. The number of anilines is 2. The minimum Gasteiger partial charge on any atom is -0.479 e. The first-order valence-corrected chi connectivity index (χ1v) is 10.5. The molecule has 5 rings (SSSR count). The standard InChI is InChI=1S/C25H22N4O3/c1-16-25(31)29(21-12-6-7-13-22(21)32-16)15-14-23(30)26-18-9-3-2-8-17(18)24-27-19-10-4-5-11-20(19)28-24/h2-13,16H,14-15H2,1H3,(H,26,30)(H,27,28). The van der Waals surface area contributed by atoms with E-state index < -0.39 is 6.10 Å². The van der Waals surface area contributed by atoms with Gasteiger partial charge in [-0.15, -0.1) is 0 Å². The van der Waals surface area contributed by atoms with Crippen LogP contribution in [0, 0.1) is 0 Å². The van der Waals surface area contributed by atoms with Crippen molar-refractivity contribution in [2.24, 2.45) is 0 Å². The molecule has 1 aliphatic rings. The number of ether oxygens (including phenoxy) is 1. The summed E-state index contributed by atoms with van der Waals surface area (Å²) in [7, 11) is 0. The van der Waals surface area contributed by atoms with E-state index in [4.69, 9.17) is 4.74 Å². The molecular formula is C25H22N4O3. The van der Waals surface area contributed by atoms with E-state index in [0.29, 0.717) is 22.9 Å². The van der Waals surface area contributed by atoms with E-state index in [-0.39, 0.29) is 24.8 Å². The largest absolute Gasteiger partial charge is 0.479 e. The highest BCUT2D eigenvalue weighted by Crippen LogP contribution is 2.34. The van der Waals surface area contributed by atoms with E-state index in [1.165, 1.54) is 0 Å². The van der Waals surface area contributed by atoms with E-state index in [1.807, 2.05) is 72.8 Å². The van der Waals surface area contributed by atoms with E-state index in [0.717, 1.165) is 16.6 Å². The average Bonchev–Trinajstić information content (AvgIpc) is 3.24. The van der Waals surface area contributed by atoms with Crippen LogP contribution >= 0.6 is 0 Å². The number of fused-ring (bicyclic) bond motifs is 2. The summed E-state index contributed by atoms with van der Waals surface area (Å²) >= 11 is 0. The molecule has 0 spiro atoms. The van der Waals surface area contributed by atoms with Gasteiger partial charge >= 0.3 is 0 Å². The zero-order valence-electron chi connectivity index (χ0n) is 17.5. The summed E-state index contributed by atoms with van der Waals surface area (Å²) in [5, 5.41) is 2.97. The molecule has 1 aliphatic heterocycles. The molecule has 0 bridgehead atoms. The number of nitrogens with one attached hydrogen (secondary N) is 2. The fraction of sp³-hybridized carbons (Fsp3) is 0.160. The predicted molar refractivity (Wildman–Crippen MR) is 124 cm³/mol. The quantitative estimate of drug-likeness (QED) is 0.496. The van der Waals surface area contributed by atoms with Crippen molar-refractivity contribution in [2.45, 2.75) is 19.4 Å². The molecule has 160 valence electrons. The minimum atomic E-state index is -0.582. The molecule has 0 saturated heterocycles. The third-order valence-electron chi connectivity index (χ3n) is 5.48. The van der Waals surface area contributed by atoms with Crippen molar-refractivity contribution >= 4 is 34.2 Å². The van der Waals surface area contributed by atoms with Crippen molar-refractivity contribution < 1.29 is 14.3 Å². The summed E-state index contributed by atoms with van der Waals surface area (Å²) in [6.45, 7) is 1.98. The normalized spacial score (nSPS) is 15.3. The van der Waals surface area contributed by atoms with Crippen LogP contribution in [0.1, 0.15) is 13.3 Å². The van der Waals surface area contributed by atoms with Gasteiger partial charge in [0, 0.05) is 18.5 Å². The number of imidazole rings is 1. The van der Waals surface area contributed by atoms with Crippen molar-refractivity contribution in [2.75, 3.05) is 16.8 Å². The number of benzene rings is 3. The predicted octanol–water partition coefficient (Wildman–Crippen LogP) is 4.37. The third-order valence-corrected chi connectivity index (χ3v) is 5.48. The Bertz CT molecular complexity index is 1280. The lowest BCUT2D eigenvalue weighted by Crippen LogP contribution is -2.45. The van der Waals surface area contributed by atoms with Gasteiger partial charge in [-0.05, 0) is 43.3 Å². The van der Waals surface area contributed by atoms with Gasteiger partial charge in [0.25, 0.3) is 5.91 Å². The lowest BCUT2D eigenvalue weighted by molar-refractivity contribution is -0.125. The van der Waals surface area contributed by atoms with Gasteiger partial charge in [0.1, 0.15) is 11.6 Å². The van der Waals surface area contributed by atoms with Crippen molar-refractivity contribution in [3.8, 4) is 17.1 Å². The van der Waals surface area contributed by atoms with Gasteiger partial charge in [-0.3, -0.25) is 9.59 Å². The van der Waals surface area contributed by atoms with Crippen molar-refractivity contribution in [3.05, 3.63) is 72.8 Å². The van der Waals surface area contributed by atoms with E-state index >= 15 is 0 Å². The molecule has 1 aromatic heterocycles. The van der Waals surface area contributed by atoms with Gasteiger partial charge in [-0.2, -0.15) is 0 Å². The second-order valence-corrected chi connectivity index (χ2v) is 7.66. The maximum Gasteiger partial charge on any atom is 0.267 e. The highest BCUT2D eigenvalue weighted by Gasteiger charge is 2.31. The topological polar surface area (TPSA) is 87.3 Å². The monoisotopic (exact) mass is 426 g/mol. The summed E-state index contributed by atoms with van der Waals surface area (Å²) in [5.41, 5.74) is 3.95. The molecule has 32 heavy (non-hydrogen) atoms. The van der Waals surface area contributed by atoms with Crippen molar-refractivity contribution in [3.63, 3.8) is 0 Å². The van der Waals surface area contributed by atoms with Crippen LogP contribution in [0.2, 0.25) is 0 Å². The van der Waals surface area contributed by atoms with Gasteiger partial charge in [-0.1, -0.05) is 36.4 Å². The first-order chi connectivity index (χ1) is 15.6. The summed E-state index contributed by atoms with van der Waals surface area (Å²) in [4.78, 5) is 35.0. The van der Waals surface area contributed by atoms with Gasteiger partial charge < -0.3 is 19.9 Å². The molecular weight excluding hydrogens is 404 g/mol. The average molecular weight is 426 g/mol. The van der Waals surface area contributed by atoms with E-state index in [2.05, 4.69) is 15.3 Å². The zero-order chi connectivity index (χ0) is 22.1. The summed E-state index contributed by atoms with van der Waals surface area (Å²) in [6, 6.07) is 22.7. The van der Waals surface area contributed by atoms with Gasteiger partial charge in [0.15, 0.2) is 6.10 Å². The van der Waals surface area contributed by atoms with E-state index in [9.17, 15) is 9.59 Å². The second kappa shape index (κ2) is 8.19. The molecule has 4 aromatic rings. The Labute approximate surface area is 185 Å². The van der Waals surface area contributed by atoms with Gasteiger partial charge in [0.2, 0.25) is 5.91 Å². The van der Waals surface area contributed by atoms with Gasteiger partial charge in [0.05, 0.1) is 22.4 Å². The lowest BCUT2D eigenvalue weighted by Gasteiger charge is -2.32.